The molecule has 8 heteroatoms. The van der Waals surface area contributed by atoms with Crippen LogP contribution in [0.1, 0.15) is 33.2 Å². The second-order valence-corrected chi connectivity index (χ2v) is 7.38. The molecule has 0 bridgehead atoms. The van der Waals surface area contributed by atoms with Crippen molar-refractivity contribution in [3.63, 3.8) is 0 Å². The zero-order chi connectivity index (χ0) is 19.1. The lowest BCUT2D eigenvalue weighted by Crippen LogP contribution is -2.43. The highest BCUT2D eigenvalue weighted by atomic mass is 16.6. The van der Waals surface area contributed by atoms with Crippen LogP contribution in [0, 0.1) is 0 Å². The number of carbonyl (C=O) groups excluding carboxylic acids is 2. The van der Waals surface area contributed by atoms with Crippen LogP contribution in [-0.2, 0) is 14.3 Å². The first-order valence-corrected chi connectivity index (χ1v) is 8.48. The highest BCUT2D eigenvalue weighted by Gasteiger charge is 2.43. The van der Waals surface area contributed by atoms with Crippen molar-refractivity contribution in [2.45, 2.75) is 44.9 Å². The molecule has 140 valence electrons. The van der Waals surface area contributed by atoms with Gasteiger partial charge in [-0.05, 0) is 32.9 Å². The number of carbonyl (C=O) groups is 2. The van der Waals surface area contributed by atoms with Gasteiger partial charge in [0, 0.05) is 13.0 Å². The molecule has 1 aliphatic rings. The molecular weight excluding hydrogens is 338 g/mol. The van der Waals surface area contributed by atoms with Crippen molar-refractivity contribution in [1.82, 2.24) is 14.5 Å². The maximum atomic E-state index is 12.6. The lowest BCUT2D eigenvalue weighted by atomic mass is 10.1. The number of nitrogens with one attached hydrogen (secondary N) is 1. The normalized spacial score (nSPS) is 20.4. The van der Waals surface area contributed by atoms with E-state index in [0.717, 1.165) is 5.52 Å². The average Bonchev–Trinajstić information content (AvgIpc) is 3.12. The van der Waals surface area contributed by atoms with E-state index in [-0.39, 0.29) is 24.7 Å². The predicted molar refractivity (Wildman–Crippen MR) is 95.0 cm³/mol. The third-order valence-corrected chi connectivity index (χ3v) is 4.37. The number of ether oxygens (including phenoxy) is 2. The number of methoxy groups -OCH3 is 1. The number of hydrogen-bond donors (Lipinski definition) is 1. The molecule has 0 spiro atoms. The van der Waals surface area contributed by atoms with Crippen LogP contribution in [0.4, 0.5) is 4.79 Å². The van der Waals surface area contributed by atoms with E-state index >= 15 is 0 Å². The summed E-state index contributed by atoms with van der Waals surface area (Å²) < 4.78 is 11.9. The number of likely N-dealkylation sites (tertiary alicyclic amines) is 1. The first-order valence-electron chi connectivity index (χ1n) is 8.48. The average molecular weight is 361 g/mol. The molecule has 0 aliphatic carbocycles. The van der Waals surface area contributed by atoms with Gasteiger partial charge in [0.2, 0.25) is 0 Å². The zero-order valence-corrected chi connectivity index (χ0v) is 15.3. The van der Waals surface area contributed by atoms with Crippen LogP contribution >= 0.6 is 0 Å². The number of nitrogens with zero attached hydrogens (tertiary/aromatic N) is 2. The molecule has 0 saturated carbocycles. The number of amides is 1. The molecule has 1 saturated heterocycles. The number of rotatable bonds is 2. The van der Waals surface area contributed by atoms with Gasteiger partial charge in [-0.15, -0.1) is 0 Å². The van der Waals surface area contributed by atoms with Crippen molar-refractivity contribution in [2.75, 3.05) is 13.7 Å². The van der Waals surface area contributed by atoms with Crippen molar-refractivity contribution in [3.05, 3.63) is 34.7 Å². The summed E-state index contributed by atoms with van der Waals surface area (Å²) in [6, 6.07) is 6.17. The molecule has 0 unspecified atom stereocenters. The Labute approximate surface area is 150 Å². The minimum absolute atomic E-state index is 0.191. The van der Waals surface area contributed by atoms with Crippen molar-refractivity contribution < 1.29 is 19.1 Å². The number of benzene rings is 1. The largest absolute Gasteiger partial charge is 0.467 e. The number of fused-ring (bicyclic) bond motifs is 1. The quantitative estimate of drug-likeness (QED) is 0.827. The molecule has 8 nitrogen and oxygen atoms in total. The fourth-order valence-corrected chi connectivity index (χ4v) is 3.32. The summed E-state index contributed by atoms with van der Waals surface area (Å²) in [5, 5.41) is 0. The third-order valence-electron chi connectivity index (χ3n) is 4.37. The number of aromatic nitrogens is 2. The van der Waals surface area contributed by atoms with Gasteiger partial charge in [-0.1, -0.05) is 12.1 Å². The molecule has 1 fully saturated rings. The second-order valence-electron chi connectivity index (χ2n) is 7.38. The molecule has 2 heterocycles. The Kier molecular flexibility index (Phi) is 4.52. The van der Waals surface area contributed by atoms with Gasteiger partial charge in [-0.3, -0.25) is 9.47 Å². The van der Waals surface area contributed by atoms with Crippen molar-refractivity contribution >= 4 is 23.1 Å². The van der Waals surface area contributed by atoms with Crippen molar-refractivity contribution in [2.24, 2.45) is 0 Å². The number of aromatic amines is 1. The fraction of sp³-hybridized carbons (Fsp3) is 0.500. The Morgan fingerprint density at radius 3 is 2.58 bits per heavy atom. The number of para-hydroxylation sites is 2. The first-order chi connectivity index (χ1) is 12.2. The van der Waals surface area contributed by atoms with Gasteiger partial charge in [0.1, 0.15) is 11.6 Å². The van der Waals surface area contributed by atoms with E-state index in [1.54, 1.807) is 25.3 Å². The molecule has 1 N–H and O–H groups in total. The predicted octanol–water partition coefficient (Wildman–Crippen LogP) is 2.05. The molecule has 1 aromatic heterocycles. The summed E-state index contributed by atoms with van der Waals surface area (Å²) in [5.74, 6) is -0.522. The van der Waals surface area contributed by atoms with Gasteiger partial charge in [-0.25, -0.2) is 14.4 Å². The van der Waals surface area contributed by atoms with Gasteiger partial charge >= 0.3 is 17.8 Å². The molecule has 26 heavy (non-hydrogen) atoms. The summed E-state index contributed by atoms with van der Waals surface area (Å²) in [7, 11) is 1.28. The molecule has 1 aromatic carbocycles. The smallest absolute Gasteiger partial charge is 0.411 e. The summed E-state index contributed by atoms with van der Waals surface area (Å²) in [6.45, 7) is 5.47. The van der Waals surface area contributed by atoms with Crippen LogP contribution in [0.3, 0.4) is 0 Å². The minimum Gasteiger partial charge on any atom is -0.467 e. The highest BCUT2D eigenvalue weighted by Crippen LogP contribution is 2.30. The number of imidazole rings is 1. The Balaban J connectivity index is 1.95. The van der Waals surface area contributed by atoms with E-state index in [9.17, 15) is 14.4 Å². The van der Waals surface area contributed by atoms with Crippen molar-refractivity contribution in [1.29, 1.82) is 0 Å². The third kappa shape index (κ3) is 3.31. The van der Waals surface area contributed by atoms with E-state index in [1.807, 2.05) is 24.3 Å². The van der Waals surface area contributed by atoms with Crippen LogP contribution in [0.15, 0.2) is 29.1 Å². The van der Waals surface area contributed by atoms with Gasteiger partial charge in [-0.2, -0.15) is 0 Å². The molecule has 2 aromatic rings. The van der Waals surface area contributed by atoms with Gasteiger partial charge in [0.25, 0.3) is 0 Å². The summed E-state index contributed by atoms with van der Waals surface area (Å²) in [5.41, 5.74) is 0.485. The van der Waals surface area contributed by atoms with Gasteiger partial charge < -0.3 is 14.5 Å². The highest BCUT2D eigenvalue weighted by molar-refractivity contribution is 5.82. The SMILES string of the molecule is COC(=O)[C@@H]1C[C@@H](n2c(=O)[nH]c3ccccc32)CN1C(=O)OC(C)(C)C. The second kappa shape index (κ2) is 6.51. The van der Waals surface area contributed by atoms with Crippen LogP contribution in [0.25, 0.3) is 11.0 Å². The van der Waals surface area contributed by atoms with Crippen molar-refractivity contribution in [3.8, 4) is 0 Å². The number of hydrogen-bond acceptors (Lipinski definition) is 5. The Morgan fingerprint density at radius 1 is 1.23 bits per heavy atom. The molecule has 1 amide bonds. The standard InChI is InChI=1S/C18H23N3O5/c1-18(2,3)26-17(24)20-10-11(9-14(20)15(22)25-4)21-13-8-6-5-7-12(13)19-16(21)23/h5-8,11,14H,9-10H2,1-4H3,(H,19,23)/t11-,14+/m1/s1. The van der Waals surface area contributed by atoms with Gasteiger partial charge in [0.15, 0.2) is 0 Å². The summed E-state index contributed by atoms with van der Waals surface area (Å²) in [6.07, 6.45) is -0.309. The van der Waals surface area contributed by atoms with E-state index < -0.39 is 23.7 Å². The van der Waals surface area contributed by atoms with E-state index in [2.05, 4.69) is 4.98 Å². The lowest BCUT2D eigenvalue weighted by molar-refractivity contribution is -0.145. The maximum Gasteiger partial charge on any atom is 0.411 e. The van der Waals surface area contributed by atoms with Crippen LogP contribution in [0.5, 0.6) is 0 Å². The molecule has 1 aliphatic heterocycles. The Bertz CT molecular complexity index is 892. The zero-order valence-electron chi connectivity index (χ0n) is 15.3. The van der Waals surface area contributed by atoms with Crippen LogP contribution in [0.2, 0.25) is 0 Å². The minimum atomic E-state index is -0.791. The fourth-order valence-electron chi connectivity index (χ4n) is 3.32. The summed E-state index contributed by atoms with van der Waals surface area (Å²) in [4.78, 5) is 41.3. The molecule has 3 rings (SSSR count). The van der Waals surface area contributed by atoms with Crippen LogP contribution < -0.4 is 5.69 Å². The van der Waals surface area contributed by atoms with Gasteiger partial charge in [0.05, 0.1) is 24.2 Å². The Hall–Kier alpha value is -2.77. The van der Waals surface area contributed by atoms with Crippen LogP contribution in [-0.4, -0.2) is 51.8 Å². The monoisotopic (exact) mass is 361 g/mol. The lowest BCUT2D eigenvalue weighted by Gasteiger charge is -2.27. The maximum absolute atomic E-state index is 12.6. The Morgan fingerprint density at radius 2 is 1.92 bits per heavy atom. The molecule has 2 atom stereocenters. The number of H-pyrrole nitrogens is 1. The number of esters is 1. The van der Waals surface area contributed by atoms with E-state index in [1.165, 1.54) is 12.0 Å². The first kappa shape index (κ1) is 18.0. The topological polar surface area (TPSA) is 93.6 Å². The molecule has 0 radical (unpaired) electrons. The van der Waals surface area contributed by atoms with E-state index in [0.29, 0.717) is 5.52 Å². The summed E-state index contributed by atoms with van der Waals surface area (Å²) >= 11 is 0. The molecular formula is C18H23N3O5. The van der Waals surface area contributed by atoms with E-state index in [4.69, 9.17) is 9.47 Å².